The quantitative estimate of drug-likeness (QED) is 0.493. The van der Waals surface area contributed by atoms with Crippen LogP contribution in [0.3, 0.4) is 0 Å². The predicted octanol–water partition coefficient (Wildman–Crippen LogP) is 7.31. The molecule has 0 saturated heterocycles. The van der Waals surface area contributed by atoms with E-state index in [2.05, 4.69) is 122 Å². The van der Waals surface area contributed by atoms with Crippen molar-refractivity contribution in [3.63, 3.8) is 0 Å². The molecule has 0 N–H and O–H groups in total. The summed E-state index contributed by atoms with van der Waals surface area (Å²) in [4.78, 5) is 2.28. The molecule has 1 aromatic rings. The van der Waals surface area contributed by atoms with Gasteiger partial charge < -0.3 is 4.90 Å². The molecular formula is C27H29N. The fraction of sp³-hybridized carbons (Fsp3) is 0.185. The van der Waals surface area contributed by atoms with Gasteiger partial charge >= 0.3 is 0 Å². The summed E-state index contributed by atoms with van der Waals surface area (Å²) in [6.45, 7) is 5.35. The average molecular weight is 368 g/mol. The average Bonchev–Trinajstić information content (AvgIpc) is 3.02. The number of para-hydroxylation sites is 1. The van der Waals surface area contributed by atoms with E-state index in [1.165, 1.54) is 28.0 Å². The lowest BCUT2D eigenvalue weighted by Crippen LogP contribution is -2.18. The summed E-state index contributed by atoms with van der Waals surface area (Å²) in [5.74, 6) is 0. The molecule has 0 bridgehead atoms. The normalized spacial score (nSPS) is 18.0. The lowest BCUT2D eigenvalue weighted by molar-refractivity contribution is 1.01. The number of benzene rings is 1. The van der Waals surface area contributed by atoms with Gasteiger partial charge in [-0.15, -0.1) is 0 Å². The van der Waals surface area contributed by atoms with E-state index in [0.717, 1.165) is 19.4 Å². The van der Waals surface area contributed by atoms with Gasteiger partial charge in [-0.25, -0.2) is 0 Å². The highest BCUT2D eigenvalue weighted by Gasteiger charge is 2.13. The first kappa shape index (κ1) is 19.7. The van der Waals surface area contributed by atoms with E-state index < -0.39 is 0 Å². The van der Waals surface area contributed by atoms with Gasteiger partial charge in [-0.3, -0.25) is 0 Å². The van der Waals surface area contributed by atoms with Crippen molar-refractivity contribution in [2.24, 2.45) is 0 Å². The highest BCUT2D eigenvalue weighted by molar-refractivity contribution is 5.86. The SMILES string of the molecule is CCN1C=C/C(=C/C=C/C=C/C=C/C(C)=C2CC=CC=CC2)c2ccccc21. The molecule has 1 aliphatic heterocycles. The molecule has 0 radical (unpaired) electrons. The Labute approximate surface area is 169 Å². The minimum Gasteiger partial charge on any atom is -0.348 e. The molecule has 0 aromatic heterocycles. The van der Waals surface area contributed by atoms with Gasteiger partial charge in [0, 0.05) is 24.0 Å². The number of hydrogen-bond donors (Lipinski definition) is 0. The van der Waals surface area contributed by atoms with Gasteiger partial charge in [0.05, 0.1) is 0 Å². The molecule has 0 atom stereocenters. The molecule has 0 saturated carbocycles. The number of anilines is 1. The van der Waals surface area contributed by atoms with E-state index in [4.69, 9.17) is 0 Å². The number of hydrogen-bond acceptors (Lipinski definition) is 1. The minimum absolute atomic E-state index is 0.980. The molecule has 0 unspecified atom stereocenters. The van der Waals surface area contributed by atoms with Crippen LogP contribution < -0.4 is 4.90 Å². The fourth-order valence-corrected chi connectivity index (χ4v) is 3.38. The van der Waals surface area contributed by atoms with Crippen molar-refractivity contribution in [2.75, 3.05) is 11.4 Å². The zero-order valence-corrected chi connectivity index (χ0v) is 16.9. The predicted molar refractivity (Wildman–Crippen MR) is 124 cm³/mol. The third-order valence-electron chi connectivity index (χ3n) is 5.04. The highest BCUT2D eigenvalue weighted by atomic mass is 15.1. The Morgan fingerprint density at radius 2 is 1.68 bits per heavy atom. The molecule has 3 rings (SSSR count). The van der Waals surface area contributed by atoms with Gasteiger partial charge in [0.15, 0.2) is 0 Å². The van der Waals surface area contributed by atoms with Gasteiger partial charge in [-0.1, -0.05) is 96.2 Å². The van der Waals surface area contributed by atoms with Crippen molar-refractivity contribution in [1.29, 1.82) is 0 Å². The molecule has 1 aromatic carbocycles. The Kier molecular flexibility index (Phi) is 7.26. The summed E-state index contributed by atoms with van der Waals surface area (Å²) in [7, 11) is 0. The number of allylic oxidation sites excluding steroid dienone is 15. The minimum atomic E-state index is 0.980. The van der Waals surface area contributed by atoms with Crippen molar-refractivity contribution in [3.05, 3.63) is 120 Å². The lowest BCUT2D eigenvalue weighted by Gasteiger charge is -2.26. The van der Waals surface area contributed by atoms with Crippen LogP contribution in [0.2, 0.25) is 0 Å². The molecule has 1 nitrogen and oxygen atoms in total. The first-order chi connectivity index (χ1) is 13.8. The first-order valence-corrected chi connectivity index (χ1v) is 10.1. The Morgan fingerprint density at radius 1 is 0.964 bits per heavy atom. The van der Waals surface area contributed by atoms with Gasteiger partial charge in [0.2, 0.25) is 0 Å². The summed E-state index contributed by atoms with van der Waals surface area (Å²) in [6.07, 6.45) is 30.0. The zero-order valence-electron chi connectivity index (χ0n) is 16.9. The van der Waals surface area contributed by atoms with Crippen molar-refractivity contribution in [2.45, 2.75) is 26.7 Å². The van der Waals surface area contributed by atoms with Gasteiger partial charge in [-0.05, 0) is 44.4 Å². The Balaban J connectivity index is 1.61. The summed E-state index contributed by atoms with van der Waals surface area (Å²) in [5.41, 5.74) is 6.65. The third kappa shape index (κ3) is 5.23. The van der Waals surface area contributed by atoms with Crippen LogP contribution >= 0.6 is 0 Å². The van der Waals surface area contributed by atoms with Gasteiger partial charge in [0.25, 0.3) is 0 Å². The summed E-state index contributed by atoms with van der Waals surface area (Å²) < 4.78 is 0. The second-order valence-electron chi connectivity index (χ2n) is 6.92. The van der Waals surface area contributed by atoms with E-state index >= 15 is 0 Å². The monoisotopic (exact) mass is 367 g/mol. The van der Waals surface area contributed by atoms with Crippen LogP contribution in [0.4, 0.5) is 5.69 Å². The number of nitrogens with zero attached hydrogens (tertiary/aromatic N) is 1. The lowest BCUT2D eigenvalue weighted by atomic mass is 9.99. The van der Waals surface area contributed by atoms with Crippen LogP contribution in [-0.4, -0.2) is 6.54 Å². The summed E-state index contributed by atoms with van der Waals surface area (Å²) >= 11 is 0. The molecule has 2 aliphatic rings. The molecule has 0 spiro atoms. The molecular weight excluding hydrogens is 338 g/mol. The maximum atomic E-state index is 2.28. The second kappa shape index (κ2) is 10.3. The second-order valence-corrected chi connectivity index (χ2v) is 6.92. The van der Waals surface area contributed by atoms with E-state index in [0.29, 0.717) is 0 Å². The Hall–Kier alpha value is -3.06. The van der Waals surface area contributed by atoms with E-state index in [1.807, 2.05) is 0 Å². The third-order valence-corrected chi connectivity index (χ3v) is 5.04. The number of fused-ring (bicyclic) bond motifs is 1. The summed E-state index contributed by atoms with van der Waals surface area (Å²) in [5, 5.41) is 0. The maximum absolute atomic E-state index is 2.28. The summed E-state index contributed by atoms with van der Waals surface area (Å²) in [6, 6.07) is 8.57. The van der Waals surface area contributed by atoms with E-state index in [9.17, 15) is 0 Å². The molecule has 28 heavy (non-hydrogen) atoms. The van der Waals surface area contributed by atoms with Crippen LogP contribution in [0, 0.1) is 0 Å². The molecule has 0 fully saturated rings. The Bertz CT molecular complexity index is 897. The molecule has 1 heterocycles. The molecule has 1 heteroatoms. The molecule has 1 aliphatic carbocycles. The van der Waals surface area contributed by atoms with Gasteiger partial charge in [0.1, 0.15) is 0 Å². The van der Waals surface area contributed by atoms with Crippen LogP contribution in [0.1, 0.15) is 32.3 Å². The smallest absolute Gasteiger partial charge is 0.0485 e. The topological polar surface area (TPSA) is 3.24 Å². The van der Waals surface area contributed by atoms with Crippen molar-refractivity contribution in [1.82, 2.24) is 0 Å². The number of rotatable bonds is 5. The van der Waals surface area contributed by atoms with Crippen LogP contribution in [0.5, 0.6) is 0 Å². The molecule has 142 valence electrons. The highest BCUT2D eigenvalue weighted by Crippen LogP contribution is 2.32. The van der Waals surface area contributed by atoms with Crippen molar-refractivity contribution >= 4 is 11.3 Å². The largest absolute Gasteiger partial charge is 0.348 e. The van der Waals surface area contributed by atoms with Crippen molar-refractivity contribution in [3.8, 4) is 0 Å². The van der Waals surface area contributed by atoms with Crippen molar-refractivity contribution < 1.29 is 0 Å². The Morgan fingerprint density at radius 3 is 2.46 bits per heavy atom. The van der Waals surface area contributed by atoms with Gasteiger partial charge in [-0.2, -0.15) is 0 Å². The van der Waals surface area contributed by atoms with E-state index in [-0.39, 0.29) is 0 Å². The van der Waals surface area contributed by atoms with Crippen LogP contribution in [0.15, 0.2) is 115 Å². The van der Waals surface area contributed by atoms with Crippen LogP contribution in [-0.2, 0) is 0 Å². The van der Waals surface area contributed by atoms with E-state index in [1.54, 1.807) is 0 Å². The van der Waals surface area contributed by atoms with Crippen LogP contribution in [0.25, 0.3) is 5.57 Å². The maximum Gasteiger partial charge on any atom is 0.0485 e. The zero-order chi connectivity index (χ0) is 19.6. The standard InChI is InChI=1S/C27H29N/c1-3-28-22-21-25(26-19-13-14-20-27(26)28)18-12-6-4-5-9-15-23(2)24-16-10-7-8-11-17-24/h4-15,18-22H,3,16-17H2,1-2H3/b5-4+,12-6+,15-9+,25-18-. The fourth-order valence-electron chi connectivity index (χ4n) is 3.38. The molecule has 0 amide bonds. The first-order valence-electron chi connectivity index (χ1n) is 10.1.